The number of halogens is 2. The number of nitro benzene ring substituents is 1. The summed E-state index contributed by atoms with van der Waals surface area (Å²) >= 11 is 0. The fourth-order valence-corrected chi connectivity index (χ4v) is 4.03. The molecular weight excluding hydrogens is 538 g/mol. The molecule has 3 N–H and O–H groups in total. The van der Waals surface area contributed by atoms with Crippen LogP contribution in [0.1, 0.15) is 50.9 Å². The Bertz CT molecular complexity index is 1590. The van der Waals surface area contributed by atoms with Gasteiger partial charge in [0.2, 0.25) is 0 Å². The summed E-state index contributed by atoms with van der Waals surface area (Å²) in [4.78, 5) is 39.4. The Labute approximate surface area is 232 Å². The highest BCUT2D eigenvalue weighted by atomic mass is 19.2. The molecule has 12 heteroatoms. The molecule has 4 aromatic rings. The summed E-state index contributed by atoms with van der Waals surface area (Å²) in [6.07, 6.45) is 1.48. The quantitative estimate of drug-likeness (QED) is 0.156. The van der Waals surface area contributed by atoms with Crippen molar-refractivity contribution in [2.45, 2.75) is 19.0 Å². The highest BCUT2D eigenvalue weighted by Gasteiger charge is 2.23. The molecule has 0 saturated carbocycles. The van der Waals surface area contributed by atoms with E-state index in [9.17, 15) is 33.6 Å². The number of anilines is 1. The van der Waals surface area contributed by atoms with Crippen LogP contribution in [0.25, 0.3) is 0 Å². The van der Waals surface area contributed by atoms with Crippen LogP contribution >= 0.6 is 0 Å². The van der Waals surface area contributed by atoms with Gasteiger partial charge < -0.3 is 20.5 Å². The first kappa shape index (κ1) is 28.6. The molecule has 41 heavy (non-hydrogen) atoms. The van der Waals surface area contributed by atoms with Crippen LogP contribution in [0.4, 0.5) is 20.3 Å². The molecule has 0 aliphatic rings. The minimum atomic E-state index is -1.47. The van der Waals surface area contributed by atoms with Gasteiger partial charge in [0.15, 0.2) is 11.6 Å². The van der Waals surface area contributed by atoms with Crippen LogP contribution in [0.3, 0.4) is 0 Å². The number of nitrogens with zero attached hydrogens (tertiary/aromatic N) is 2. The molecule has 10 nitrogen and oxygen atoms in total. The zero-order valence-corrected chi connectivity index (χ0v) is 21.6. The second kappa shape index (κ2) is 12.6. The van der Waals surface area contributed by atoms with Gasteiger partial charge in [-0.25, -0.2) is 18.6 Å². The number of ether oxygens (including phenoxy) is 1. The third-order valence-electron chi connectivity index (χ3n) is 6.17. The number of aromatic nitrogens is 1. The highest BCUT2D eigenvalue weighted by Crippen LogP contribution is 2.27. The maximum Gasteiger partial charge on any atom is 0.342 e. The first-order valence-electron chi connectivity index (χ1n) is 12.3. The minimum Gasteiger partial charge on any atom is -0.491 e. The van der Waals surface area contributed by atoms with Crippen molar-refractivity contribution in [3.8, 4) is 5.75 Å². The molecule has 1 aromatic heterocycles. The van der Waals surface area contributed by atoms with E-state index in [-0.39, 0.29) is 23.7 Å². The van der Waals surface area contributed by atoms with Crippen LogP contribution < -0.4 is 15.4 Å². The number of amides is 1. The lowest BCUT2D eigenvalue weighted by atomic mass is 10.1. The van der Waals surface area contributed by atoms with Crippen molar-refractivity contribution in [1.29, 1.82) is 0 Å². The molecule has 4 rings (SSSR count). The molecule has 0 unspecified atom stereocenters. The molecule has 0 bridgehead atoms. The monoisotopic (exact) mass is 562 g/mol. The largest absolute Gasteiger partial charge is 0.491 e. The lowest BCUT2D eigenvalue weighted by molar-refractivity contribution is -0.385. The van der Waals surface area contributed by atoms with E-state index in [1.54, 1.807) is 31.2 Å². The lowest BCUT2D eigenvalue weighted by Gasteiger charge is -2.22. The second-order valence-corrected chi connectivity index (χ2v) is 8.93. The van der Waals surface area contributed by atoms with Crippen LogP contribution in [0, 0.1) is 21.7 Å². The maximum absolute atomic E-state index is 13.7. The maximum atomic E-state index is 13.7. The SMILES string of the molecule is C[C@H](NC(=O)c1cccnc1N[C@@H](COc1ccc([N+](=O)[O-])c(C(=O)O)c1)c1ccccc1)c1ccc(F)c(F)c1. The number of carbonyl (C=O) groups is 2. The molecule has 0 aliphatic carbocycles. The summed E-state index contributed by atoms with van der Waals surface area (Å²) in [5.41, 5.74) is 0.210. The average molecular weight is 563 g/mol. The fourth-order valence-electron chi connectivity index (χ4n) is 4.03. The summed E-state index contributed by atoms with van der Waals surface area (Å²) in [6.45, 7) is 1.56. The topological polar surface area (TPSA) is 144 Å². The van der Waals surface area contributed by atoms with Gasteiger partial charge in [0.25, 0.3) is 11.6 Å². The number of nitro groups is 1. The molecule has 1 heterocycles. The number of hydrogen-bond donors (Lipinski definition) is 3. The lowest BCUT2D eigenvalue weighted by Crippen LogP contribution is -2.29. The standard InChI is InChI=1S/C29H24F2N4O6/c1-17(19-9-11-23(30)24(31)14-19)33-28(36)21-8-5-13-32-27(21)34-25(18-6-3-2-4-7-18)16-41-20-10-12-26(35(39)40)22(15-20)29(37)38/h2-15,17,25H,16H2,1H3,(H,32,34)(H,33,36)(H,37,38)/t17-,25-/m0/s1. The molecule has 0 radical (unpaired) electrons. The molecule has 210 valence electrons. The van der Waals surface area contributed by atoms with Gasteiger partial charge in [-0.05, 0) is 48.4 Å². The molecule has 1 amide bonds. The molecule has 3 aromatic carbocycles. The van der Waals surface area contributed by atoms with Gasteiger partial charge in [-0.15, -0.1) is 0 Å². The minimum absolute atomic E-state index is 0.0657. The molecular formula is C29H24F2N4O6. The number of aromatic carboxylic acids is 1. The van der Waals surface area contributed by atoms with Crippen molar-refractivity contribution in [2.75, 3.05) is 11.9 Å². The van der Waals surface area contributed by atoms with Crippen molar-refractivity contribution in [3.05, 3.63) is 129 Å². The van der Waals surface area contributed by atoms with Crippen molar-refractivity contribution in [3.63, 3.8) is 0 Å². The number of nitrogens with one attached hydrogen (secondary N) is 2. The van der Waals surface area contributed by atoms with Gasteiger partial charge in [-0.3, -0.25) is 14.9 Å². The van der Waals surface area contributed by atoms with Gasteiger partial charge in [-0.2, -0.15) is 0 Å². The van der Waals surface area contributed by atoms with Crippen molar-refractivity contribution in [1.82, 2.24) is 10.3 Å². The number of carbonyl (C=O) groups excluding carboxylic acids is 1. The second-order valence-electron chi connectivity index (χ2n) is 8.93. The highest BCUT2D eigenvalue weighted by molar-refractivity contribution is 5.99. The van der Waals surface area contributed by atoms with Gasteiger partial charge in [0.1, 0.15) is 23.7 Å². The van der Waals surface area contributed by atoms with Crippen molar-refractivity contribution >= 4 is 23.4 Å². The van der Waals surface area contributed by atoms with Crippen LogP contribution in [0.5, 0.6) is 5.75 Å². The number of pyridine rings is 1. The fraction of sp³-hybridized carbons (Fsp3) is 0.138. The van der Waals surface area contributed by atoms with Crippen LogP contribution in [0.15, 0.2) is 85.1 Å². The Morgan fingerprint density at radius 2 is 1.73 bits per heavy atom. The van der Waals surface area contributed by atoms with Gasteiger partial charge >= 0.3 is 5.97 Å². The Morgan fingerprint density at radius 1 is 0.976 bits per heavy atom. The smallest absolute Gasteiger partial charge is 0.342 e. The Morgan fingerprint density at radius 3 is 2.41 bits per heavy atom. The summed E-state index contributed by atoms with van der Waals surface area (Å²) in [6, 6.07) is 17.7. The van der Waals surface area contributed by atoms with E-state index in [1.165, 1.54) is 18.3 Å². The van der Waals surface area contributed by atoms with Crippen LogP contribution in [-0.2, 0) is 0 Å². The van der Waals surface area contributed by atoms with Crippen molar-refractivity contribution in [2.24, 2.45) is 0 Å². The predicted molar refractivity (Wildman–Crippen MR) is 145 cm³/mol. The predicted octanol–water partition coefficient (Wildman–Crippen LogP) is 5.69. The Balaban J connectivity index is 1.56. The Hall–Kier alpha value is -5.39. The first-order chi connectivity index (χ1) is 19.6. The van der Waals surface area contributed by atoms with E-state index >= 15 is 0 Å². The third kappa shape index (κ3) is 6.98. The third-order valence-corrected chi connectivity index (χ3v) is 6.17. The van der Waals surface area contributed by atoms with E-state index in [4.69, 9.17) is 4.74 Å². The van der Waals surface area contributed by atoms with Crippen LogP contribution in [-0.4, -0.2) is 33.5 Å². The van der Waals surface area contributed by atoms with E-state index in [2.05, 4.69) is 15.6 Å². The molecule has 0 aliphatic heterocycles. The molecule has 2 atom stereocenters. The van der Waals surface area contributed by atoms with Gasteiger partial charge in [-0.1, -0.05) is 36.4 Å². The number of hydrogen-bond acceptors (Lipinski definition) is 7. The van der Waals surface area contributed by atoms with Crippen LogP contribution in [0.2, 0.25) is 0 Å². The zero-order chi connectivity index (χ0) is 29.5. The summed E-state index contributed by atoms with van der Waals surface area (Å²) in [5, 5.41) is 26.5. The summed E-state index contributed by atoms with van der Waals surface area (Å²) in [5.74, 6) is -3.71. The summed E-state index contributed by atoms with van der Waals surface area (Å²) < 4.78 is 32.9. The zero-order valence-electron chi connectivity index (χ0n) is 21.6. The van der Waals surface area contributed by atoms with E-state index in [0.29, 0.717) is 5.56 Å². The van der Waals surface area contributed by atoms with Gasteiger partial charge in [0, 0.05) is 18.3 Å². The van der Waals surface area contributed by atoms with Crippen molar-refractivity contribution < 1.29 is 33.1 Å². The molecule has 0 spiro atoms. The van der Waals surface area contributed by atoms with E-state index in [1.807, 2.05) is 18.2 Å². The average Bonchev–Trinajstić information content (AvgIpc) is 2.97. The van der Waals surface area contributed by atoms with Gasteiger partial charge in [0.05, 0.1) is 22.6 Å². The first-order valence-corrected chi connectivity index (χ1v) is 12.3. The number of benzene rings is 3. The van der Waals surface area contributed by atoms with E-state index < -0.39 is 51.8 Å². The number of carboxylic acid groups (broad SMARTS) is 1. The normalized spacial score (nSPS) is 12.2. The molecule has 0 saturated heterocycles. The van der Waals surface area contributed by atoms with E-state index in [0.717, 1.165) is 29.8 Å². The Kier molecular flexibility index (Phi) is 8.82. The summed E-state index contributed by atoms with van der Waals surface area (Å²) in [7, 11) is 0. The number of rotatable bonds is 11. The number of carboxylic acids is 1. The molecule has 0 fully saturated rings.